The smallest absolute Gasteiger partial charge is 0.321 e. The lowest BCUT2D eigenvalue weighted by Crippen LogP contribution is -2.45. The number of rotatable bonds is 7. The minimum Gasteiger partial charge on any atom is -0.481 e. The summed E-state index contributed by atoms with van der Waals surface area (Å²) in [4.78, 5) is 33.1. The molecular weight excluding hydrogens is 240 g/mol. The molecule has 0 aromatic carbocycles. The van der Waals surface area contributed by atoms with Gasteiger partial charge in [-0.15, -0.1) is 0 Å². The second-order valence-electron chi connectivity index (χ2n) is 4.29. The Morgan fingerprint density at radius 2 is 1.83 bits per heavy atom. The van der Waals surface area contributed by atoms with E-state index in [1.165, 1.54) is 7.11 Å². The fraction of sp³-hybridized carbons (Fsp3) is 0.727. The van der Waals surface area contributed by atoms with Gasteiger partial charge in [0.15, 0.2) is 0 Å². The summed E-state index contributed by atoms with van der Waals surface area (Å²) < 4.78 is 4.83. The van der Waals surface area contributed by atoms with Crippen molar-refractivity contribution in [2.24, 2.45) is 5.92 Å². The van der Waals surface area contributed by atoms with E-state index < -0.39 is 17.9 Å². The molecule has 3 N–H and O–H groups in total. The second kappa shape index (κ2) is 8.46. The molecule has 0 aromatic heterocycles. The highest BCUT2D eigenvalue weighted by Crippen LogP contribution is 2.06. The molecule has 7 heteroatoms. The molecule has 7 nitrogen and oxygen atoms in total. The summed E-state index contributed by atoms with van der Waals surface area (Å²) in [6, 6.07) is -0.814. The molecule has 0 aliphatic rings. The van der Waals surface area contributed by atoms with Crippen LogP contribution in [0.5, 0.6) is 0 Å². The van der Waals surface area contributed by atoms with Gasteiger partial charge in [-0.1, -0.05) is 6.92 Å². The minimum atomic E-state index is -0.964. The molecular formula is C11H20N2O5. The lowest BCUT2D eigenvalue weighted by Gasteiger charge is -2.13. The zero-order valence-electron chi connectivity index (χ0n) is 10.9. The van der Waals surface area contributed by atoms with Crippen LogP contribution in [0, 0.1) is 5.92 Å². The Hall–Kier alpha value is -1.63. The van der Waals surface area contributed by atoms with Crippen molar-refractivity contribution in [1.82, 2.24) is 10.6 Å². The largest absolute Gasteiger partial charge is 0.481 e. The zero-order valence-corrected chi connectivity index (χ0v) is 10.9. The molecule has 0 aliphatic carbocycles. The number of hydrogen-bond donors (Lipinski definition) is 3. The number of imide groups is 1. The van der Waals surface area contributed by atoms with Crippen LogP contribution in [0.3, 0.4) is 0 Å². The summed E-state index contributed by atoms with van der Waals surface area (Å²) in [5.74, 6) is -1.77. The van der Waals surface area contributed by atoms with Gasteiger partial charge >= 0.3 is 12.0 Å². The van der Waals surface area contributed by atoms with E-state index in [4.69, 9.17) is 9.84 Å². The van der Waals surface area contributed by atoms with Gasteiger partial charge < -0.3 is 15.2 Å². The first kappa shape index (κ1) is 16.4. The summed E-state index contributed by atoms with van der Waals surface area (Å²) in [5, 5.41) is 13.2. The molecule has 0 aliphatic heterocycles. The maximum Gasteiger partial charge on any atom is 0.321 e. The molecule has 0 fully saturated rings. The number of methoxy groups -OCH3 is 1. The summed E-state index contributed by atoms with van der Waals surface area (Å²) >= 11 is 0. The number of amides is 3. The average molecular weight is 260 g/mol. The number of carboxylic acids is 1. The van der Waals surface area contributed by atoms with E-state index in [0.717, 1.165) is 0 Å². The molecule has 0 saturated heterocycles. The molecule has 0 saturated carbocycles. The van der Waals surface area contributed by atoms with Crippen molar-refractivity contribution in [3.8, 4) is 0 Å². The van der Waals surface area contributed by atoms with E-state index in [9.17, 15) is 14.4 Å². The van der Waals surface area contributed by atoms with Crippen molar-refractivity contribution in [2.45, 2.75) is 32.7 Å². The number of ether oxygens (including phenoxy) is 1. The third-order valence-electron chi connectivity index (χ3n) is 2.10. The van der Waals surface area contributed by atoms with Crippen LogP contribution in [0.1, 0.15) is 26.7 Å². The highest BCUT2D eigenvalue weighted by atomic mass is 16.5. The fourth-order valence-corrected chi connectivity index (χ4v) is 1.42. The Morgan fingerprint density at radius 3 is 2.33 bits per heavy atom. The summed E-state index contributed by atoms with van der Waals surface area (Å²) in [6.07, 6.45) is -0.104. The molecule has 0 heterocycles. The van der Waals surface area contributed by atoms with E-state index in [1.54, 1.807) is 13.8 Å². The normalized spacial score (nSPS) is 13.5. The molecule has 0 radical (unpaired) electrons. The van der Waals surface area contributed by atoms with Gasteiger partial charge in [0.05, 0.1) is 12.6 Å². The maximum absolute atomic E-state index is 11.4. The number of carbonyl (C=O) groups is 3. The van der Waals surface area contributed by atoms with E-state index in [0.29, 0.717) is 6.61 Å². The Kier molecular flexibility index (Phi) is 7.69. The number of nitrogens with one attached hydrogen (secondary N) is 2. The minimum absolute atomic E-state index is 0.00161. The number of carbonyl (C=O) groups excluding carboxylic acids is 2. The van der Waals surface area contributed by atoms with Gasteiger partial charge in [-0.05, 0) is 12.8 Å². The number of hydrogen-bond acceptors (Lipinski definition) is 4. The zero-order chi connectivity index (χ0) is 14.1. The fourth-order valence-electron chi connectivity index (χ4n) is 1.42. The van der Waals surface area contributed by atoms with Crippen LogP contribution in [0.4, 0.5) is 4.79 Å². The van der Waals surface area contributed by atoms with E-state index >= 15 is 0 Å². The highest BCUT2D eigenvalue weighted by Gasteiger charge is 2.15. The molecule has 0 bridgehead atoms. The standard InChI is InChI=1S/C11H20N2O5/c1-7(5-10(15)16)4-9(14)13-11(17)12-8(2)6-18-3/h7-8H,4-6H2,1-3H3,(H,15,16)(H2,12,13,14,17). The highest BCUT2D eigenvalue weighted by molar-refractivity contribution is 5.94. The van der Waals surface area contributed by atoms with Crippen LogP contribution < -0.4 is 10.6 Å². The van der Waals surface area contributed by atoms with Gasteiger partial charge in [0.1, 0.15) is 0 Å². The van der Waals surface area contributed by atoms with Gasteiger partial charge in [-0.2, -0.15) is 0 Å². The van der Waals surface area contributed by atoms with E-state index in [1.807, 2.05) is 0 Å². The average Bonchev–Trinajstić information content (AvgIpc) is 2.14. The second-order valence-corrected chi connectivity index (χ2v) is 4.29. The quantitative estimate of drug-likeness (QED) is 0.612. The lowest BCUT2D eigenvalue weighted by atomic mass is 10.0. The molecule has 2 unspecified atom stereocenters. The molecule has 2 atom stereocenters. The Bertz CT molecular complexity index is 306. The molecule has 0 rings (SSSR count). The van der Waals surface area contributed by atoms with Gasteiger partial charge in [-0.3, -0.25) is 14.9 Å². The first-order chi connectivity index (χ1) is 8.35. The lowest BCUT2D eigenvalue weighted by molar-refractivity contribution is -0.138. The van der Waals surface area contributed by atoms with Crippen LogP contribution in [-0.4, -0.2) is 42.8 Å². The van der Waals surface area contributed by atoms with Crippen molar-refractivity contribution in [3.63, 3.8) is 0 Å². The Balaban J connectivity index is 3.93. The van der Waals surface area contributed by atoms with Crippen molar-refractivity contribution in [1.29, 1.82) is 0 Å². The van der Waals surface area contributed by atoms with Gasteiger partial charge in [-0.25, -0.2) is 4.79 Å². The monoisotopic (exact) mass is 260 g/mol. The van der Waals surface area contributed by atoms with Crippen molar-refractivity contribution < 1.29 is 24.2 Å². The first-order valence-electron chi connectivity index (χ1n) is 5.66. The molecule has 104 valence electrons. The Morgan fingerprint density at radius 1 is 1.22 bits per heavy atom. The number of urea groups is 1. The van der Waals surface area contributed by atoms with Crippen molar-refractivity contribution >= 4 is 17.9 Å². The summed E-state index contributed by atoms with van der Waals surface area (Å²) in [7, 11) is 1.51. The predicted octanol–water partition coefficient (Wildman–Crippen LogP) is 0.348. The van der Waals surface area contributed by atoms with Crippen LogP contribution >= 0.6 is 0 Å². The Labute approximate surface area is 106 Å². The number of aliphatic carboxylic acids is 1. The molecule has 0 aromatic rings. The molecule has 3 amide bonds. The van der Waals surface area contributed by atoms with Crippen LogP contribution in [0.15, 0.2) is 0 Å². The topological polar surface area (TPSA) is 105 Å². The number of carboxylic acid groups (broad SMARTS) is 1. The van der Waals surface area contributed by atoms with Gasteiger partial charge in [0.2, 0.25) is 5.91 Å². The first-order valence-corrected chi connectivity index (χ1v) is 5.66. The molecule has 18 heavy (non-hydrogen) atoms. The van der Waals surface area contributed by atoms with Crippen molar-refractivity contribution in [2.75, 3.05) is 13.7 Å². The summed E-state index contributed by atoms with van der Waals surface area (Å²) in [5.41, 5.74) is 0. The third-order valence-corrected chi connectivity index (χ3v) is 2.10. The van der Waals surface area contributed by atoms with Crippen molar-refractivity contribution in [3.05, 3.63) is 0 Å². The van der Waals surface area contributed by atoms with Gasteiger partial charge in [0.25, 0.3) is 0 Å². The van der Waals surface area contributed by atoms with Crippen LogP contribution in [-0.2, 0) is 14.3 Å². The van der Waals surface area contributed by atoms with E-state index in [2.05, 4.69) is 10.6 Å². The van der Waals surface area contributed by atoms with Gasteiger partial charge in [0, 0.05) is 20.0 Å². The van der Waals surface area contributed by atoms with Crippen LogP contribution in [0.25, 0.3) is 0 Å². The van der Waals surface area contributed by atoms with Crippen LogP contribution in [0.2, 0.25) is 0 Å². The maximum atomic E-state index is 11.4. The third kappa shape index (κ3) is 8.51. The predicted molar refractivity (Wildman–Crippen MR) is 64.0 cm³/mol. The molecule has 0 spiro atoms. The van der Waals surface area contributed by atoms with E-state index in [-0.39, 0.29) is 24.8 Å². The summed E-state index contributed by atoms with van der Waals surface area (Å²) in [6.45, 7) is 3.72. The SMILES string of the molecule is COCC(C)NC(=O)NC(=O)CC(C)CC(=O)O.